The number of hydrogen-bond acceptors (Lipinski definition) is 18. The zero-order valence-electron chi connectivity index (χ0n) is 37.8. The van der Waals surface area contributed by atoms with E-state index in [0.29, 0.717) is 31.6 Å². The van der Waals surface area contributed by atoms with Crippen LogP contribution in [0.1, 0.15) is 98.8 Å². The second-order valence-corrected chi connectivity index (χ2v) is 20.9. The topological polar surface area (TPSA) is 292 Å². The van der Waals surface area contributed by atoms with E-state index in [1.807, 2.05) is 13.8 Å². The van der Waals surface area contributed by atoms with E-state index in [4.69, 9.17) is 28.4 Å². The van der Waals surface area contributed by atoms with E-state index in [9.17, 15) is 60.7 Å². The molecule has 0 aromatic heterocycles. The smallest absolute Gasteiger partial charge is 0.187 e. The molecule has 3 saturated heterocycles. The number of carbonyl (C=O) groups excluding carboxylic acids is 2. The number of ketones is 2. The van der Waals surface area contributed by atoms with Gasteiger partial charge >= 0.3 is 0 Å². The summed E-state index contributed by atoms with van der Waals surface area (Å²) in [4.78, 5) is 27.9. The molecule has 23 atom stereocenters. The molecule has 0 bridgehead atoms. The van der Waals surface area contributed by atoms with Crippen LogP contribution < -0.4 is 0 Å². The number of fused-ring (bicyclic) bond motifs is 5. The quantitative estimate of drug-likeness (QED) is 0.0937. The Morgan fingerprint density at radius 2 is 1.58 bits per heavy atom. The van der Waals surface area contributed by atoms with Gasteiger partial charge in [0.2, 0.25) is 0 Å². The third kappa shape index (κ3) is 9.31. The minimum atomic E-state index is -1.87. The lowest BCUT2D eigenvalue weighted by Crippen LogP contribution is -2.64. The number of ether oxygens (including phenoxy) is 6. The first-order chi connectivity index (χ1) is 30.2. The van der Waals surface area contributed by atoms with Crippen LogP contribution in [0.15, 0.2) is 11.6 Å². The second-order valence-electron chi connectivity index (χ2n) is 20.9. The summed E-state index contributed by atoms with van der Waals surface area (Å²) in [5.41, 5.74) is -1.14. The van der Waals surface area contributed by atoms with Crippen LogP contribution >= 0.6 is 0 Å². The summed E-state index contributed by atoms with van der Waals surface area (Å²) in [5.74, 6) is -0.147. The third-order valence-corrected chi connectivity index (χ3v) is 16.9. The van der Waals surface area contributed by atoms with Crippen LogP contribution in [-0.2, 0) is 38.0 Å². The molecule has 64 heavy (non-hydrogen) atoms. The van der Waals surface area contributed by atoms with E-state index >= 15 is 0 Å². The monoisotopic (exact) mass is 914 g/mol. The van der Waals surface area contributed by atoms with Gasteiger partial charge in [-0.25, -0.2) is 0 Å². The van der Waals surface area contributed by atoms with E-state index in [2.05, 4.69) is 19.9 Å². The highest BCUT2D eigenvalue weighted by Gasteiger charge is 2.63. The summed E-state index contributed by atoms with van der Waals surface area (Å²) >= 11 is 0. The lowest BCUT2D eigenvalue weighted by Gasteiger charge is -2.58. The Labute approximate surface area is 374 Å². The average Bonchev–Trinajstić information content (AvgIpc) is 3.55. The zero-order chi connectivity index (χ0) is 46.6. The first kappa shape index (κ1) is 50.3. The summed E-state index contributed by atoms with van der Waals surface area (Å²) in [7, 11) is 0. The van der Waals surface area contributed by atoms with Gasteiger partial charge in [-0.2, -0.15) is 0 Å². The average molecular weight is 915 g/mol. The number of hydrogen-bond donors (Lipinski definition) is 10. The number of Topliss-reactive ketones (excluding diaryl/α,β-unsaturated/α-hetero) is 2. The Balaban J connectivity index is 0.963. The summed E-state index contributed by atoms with van der Waals surface area (Å²) in [6, 6.07) is 0. The number of allylic oxidation sites excluding steroid dienone is 1. The van der Waals surface area contributed by atoms with Crippen LogP contribution in [0.4, 0.5) is 0 Å². The number of rotatable bonds is 15. The molecule has 7 rings (SSSR count). The maximum absolute atomic E-state index is 14.0. The molecular formula is C46H74O18. The van der Waals surface area contributed by atoms with Crippen LogP contribution in [0.5, 0.6) is 0 Å². The Morgan fingerprint density at radius 3 is 2.27 bits per heavy atom. The first-order valence-electron chi connectivity index (χ1n) is 23.5. The van der Waals surface area contributed by atoms with Crippen molar-refractivity contribution in [2.75, 3.05) is 26.4 Å². The largest absolute Gasteiger partial charge is 0.394 e. The normalized spacial score (nSPS) is 49.3. The van der Waals surface area contributed by atoms with Crippen LogP contribution in [0.25, 0.3) is 0 Å². The molecule has 3 aliphatic heterocycles. The molecule has 7 aliphatic rings. The predicted octanol–water partition coefficient (Wildman–Crippen LogP) is -0.389. The molecule has 3 heterocycles. The van der Waals surface area contributed by atoms with E-state index in [-0.39, 0.29) is 65.7 Å². The molecule has 0 amide bonds. The number of carbonyl (C=O) groups is 2. The van der Waals surface area contributed by atoms with Crippen LogP contribution in [0, 0.1) is 46.3 Å². The van der Waals surface area contributed by atoms with Gasteiger partial charge in [-0.15, -0.1) is 0 Å². The molecule has 0 spiro atoms. The minimum absolute atomic E-state index is 0.0181. The van der Waals surface area contributed by atoms with Crippen LogP contribution in [-0.4, -0.2) is 181 Å². The van der Waals surface area contributed by atoms with Crippen molar-refractivity contribution in [3.8, 4) is 0 Å². The van der Waals surface area contributed by atoms with Gasteiger partial charge in [0.1, 0.15) is 66.0 Å². The van der Waals surface area contributed by atoms with Crippen LogP contribution in [0.3, 0.4) is 0 Å². The maximum atomic E-state index is 14.0. The van der Waals surface area contributed by atoms with Crippen molar-refractivity contribution in [1.82, 2.24) is 0 Å². The van der Waals surface area contributed by atoms with Gasteiger partial charge in [0.15, 0.2) is 18.9 Å². The fourth-order valence-electron chi connectivity index (χ4n) is 12.8. The van der Waals surface area contributed by atoms with E-state index in [0.717, 1.165) is 25.7 Å². The Kier molecular flexibility index (Phi) is 15.6. The Hall–Kier alpha value is -1.56. The number of aliphatic hydroxyl groups excluding tert-OH is 9. The third-order valence-electron chi connectivity index (χ3n) is 16.9. The van der Waals surface area contributed by atoms with Crippen molar-refractivity contribution in [3.05, 3.63) is 11.6 Å². The van der Waals surface area contributed by atoms with Gasteiger partial charge in [0.05, 0.1) is 44.7 Å². The minimum Gasteiger partial charge on any atom is -0.394 e. The molecule has 18 nitrogen and oxygen atoms in total. The highest BCUT2D eigenvalue weighted by molar-refractivity contribution is 5.92. The molecule has 0 aromatic carbocycles. The van der Waals surface area contributed by atoms with Crippen molar-refractivity contribution >= 4 is 11.6 Å². The molecule has 3 saturated carbocycles. The van der Waals surface area contributed by atoms with Gasteiger partial charge in [-0.3, -0.25) is 9.59 Å². The molecule has 4 aliphatic carbocycles. The SMILES string of the molecule is CC1O[C@@H](OC2C(O)[C@H](O)C(CO)O[C@H]2OC2CC[C@@]3(C)C(=CC[C@@H]4[C@@H]3CC[C@]3(C)C([C@H](C)C(=O)CC[C@@H](C)CO[C@@H]5OC(CO)CC(O)(CO)C5O)C(=O)C[C@@H]43)C2)C(O)C(O)[C@H]1O. The standard InChI is InChI=1S/C46H74O18/c1-21(19-59-43-40(57)46(58,20-49)16-26(17-47)62-43)6-9-30(50)22(2)33-31(51)15-29-27-8-7-24-14-25(10-12-44(24,4)28(27)11-13-45(29,33)5)61-42-39(37(55)35(53)32(18-48)63-42)64-41-38(56)36(54)34(52)23(3)60-41/h7,21-23,25-29,32-43,47-49,52-58H,6,8-20H2,1-5H3/t21-,22-,23?,25?,26?,27-,28+,29+,32?,33?,34+,35-,36?,37?,38?,39?,40?,41+,42-,43-,44+,45+,46?/m1/s1. The van der Waals surface area contributed by atoms with Crippen molar-refractivity contribution < 1.29 is 89.1 Å². The first-order valence-corrected chi connectivity index (χ1v) is 23.5. The maximum Gasteiger partial charge on any atom is 0.187 e. The fourth-order valence-corrected chi connectivity index (χ4v) is 12.8. The van der Waals surface area contributed by atoms with Gasteiger partial charge in [-0.05, 0) is 86.4 Å². The predicted molar refractivity (Wildman–Crippen MR) is 222 cm³/mol. The van der Waals surface area contributed by atoms with Gasteiger partial charge in [0, 0.05) is 31.1 Å². The Morgan fingerprint density at radius 1 is 0.844 bits per heavy atom. The second kappa shape index (κ2) is 19.8. The lowest BCUT2D eigenvalue weighted by molar-refractivity contribution is -0.369. The van der Waals surface area contributed by atoms with Gasteiger partial charge in [-0.1, -0.05) is 39.3 Å². The van der Waals surface area contributed by atoms with E-state index in [1.165, 1.54) is 12.5 Å². The van der Waals surface area contributed by atoms with E-state index in [1.54, 1.807) is 0 Å². The van der Waals surface area contributed by atoms with E-state index < -0.39 is 117 Å². The summed E-state index contributed by atoms with van der Waals surface area (Å²) in [6.45, 7) is 8.15. The fraction of sp³-hybridized carbons (Fsp3) is 0.913. The molecular weight excluding hydrogens is 840 g/mol. The summed E-state index contributed by atoms with van der Waals surface area (Å²) in [5, 5.41) is 104. The molecule has 366 valence electrons. The Bertz CT molecular complexity index is 1670. The highest BCUT2D eigenvalue weighted by atomic mass is 16.8. The summed E-state index contributed by atoms with van der Waals surface area (Å²) < 4.78 is 35.4. The van der Waals surface area contributed by atoms with Crippen LogP contribution in [0.2, 0.25) is 0 Å². The molecule has 11 unspecified atom stereocenters. The molecule has 0 radical (unpaired) electrons. The lowest BCUT2D eigenvalue weighted by atomic mass is 9.47. The number of aliphatic hydroxyl groups is 10. The summed E-state index contributed by atoms with van der Waals surface area (Å²) in [6.07, 6.45) is -10.3. The molecule has 10 N–H and O–H groups in total. The van der Waals surface area contributed by atoms with Gasteiger partial charge < -0.3 is 79.5 Å². The molecule has 0 aromatic rings. The van der Waals surface area contributed by atoms with Crippen molar-refractivity contribution in [2.45, 2.75) is 190 Å². The van der Waals surface area contributed by atoms with Crippen molar-refractivity contribution in [2.24, 2.45) is 46.3 Å². The van der Waals surface area contributed by atoms with Crippen molar-refractivity contribution in [1.29, 1.82) is 0 Å². The zero-order valence-corrected chi connectivity index (χ0v) is 37.8. The highest BCUT2D eigenvalue weighted by Crippen LogP contribution is 2.66. The molecule has 18 heteroatoms. The van der Waals surface area contributed by atoms with Gasteiger partial charge in [0.25, 0.3) is 0 Å². The van der Waals surface area contributed by atoms with Crippen molar-refractivity contribution in [3.63, 3.8) is 0 Å². The molecule has 6 fully saturated rings.